The third-order valence-electron chi connectivity index (χ3n) is 12.5. The second-order valence-corrected chi connectivity index (χ2v) is 19.9. The highest BCUT2D eigenvalue weighted by atomic mass is 32.1. The van der Waals surface area contributed by atoms with Crippen LogP contribution in [0.3, 0.4) is 0 Å². The first-order valence-electron chi connectivity index (χ1n) is 23.3. The van der Waals surface area contributed by atoms with Gasteiger partial charge in [0.25, 0.3) is 0 Å². The average molecular weight is 949 g/mol. The second kappa shape index (κ2) is 21.8. The van der Waals surface area contributed by atoms with Crippen LogP contribution in [-0.2, 0) is 20.9 Å². The summed E-state index contributed by atoms with van der Waals surface area (Å²) in [6.45, 7) is 11.0. The molecule has 6 aromatic rings. The molecule has 0 bridgehead atoms. The van der Waals surface area contributed by atoms with E-state index in [0.717, 1.165) is 105 Å². The van der Waals surface area contributed by atoms with E-state index in [9.17, 15) is 19.5 Å². The number of fused-ring (bicyclic) bond motifs is 1. The number of amides is 3. The lowest BCUT2D eigenvalue weighted by Gasteiger charge is -2.28. The summed E-state index contributed by atoms with van der Waals surface area (Å²) in [4.78, 5) is 56.7. The minimum absolute atomic E-state index is 0.0262. The monoisotopic (exact) mass is 948 g/mol. The number of carbonyl (C=O) groups is 3. The predicted octanol–water partition coefficient (Wildman–Crippen LogP) is 9.96. The molecule has 4 aromatic heterocycles. The Bertz CT molecular complexity index is 2670. The van der Waals surface area contributed by atoms with Gasteiger partial charge in [-0.3, -0.25) is 19.9 Å². The molecule has 15 nitrogen and oxygen atoms in total. The fraction of sp³-hybridized carbons (Fsp3) is 0.460. The van der Waals surface area contributed by atoms with Gasteiger partial charge >= 0.3 is 6.09 Å². The molecule has 2 aliphatic rings. The summed E-state index contributed by atoms with van der Waals surface area (Å²) in [7, 11) is 0. The van der Waals surface area contributed by atoms with Crippen LogP contribution in [0.5, 0.6) is 5.75 Å². The maximum atomic E-state index is 13.9. The van der Waals surface area contributed by atoms with Gasteiger partial charge in [-0.25, -0.2) is 14.8 Å². The number of nitrogens with zero attached hydrogens (tertiary/aromatic N) is 5. The zero-order valence-electron chi connectivity index (χ0n) is 38.8. The predicted molar refractivity (Wildman–Crippen MR) is 261 cm³/mol. The van der Waals surface area contributed by atoms with Crippen LogP contribution >= 0.6 is 22.7 Å². The number of pyridine rings is 1. The Morgan fingerprint density at radius 2 is 1.76 bits per heavy atom. The molecule has 0 radical (unpaired) electrons. The van der Waals surface area contributed by atoms with Crippen LogP contribution in [0.4, 0.5) is 15.6 Å². The van der Waals surface area contributed by atoms with Crippen molar-refractivity contribution in [1.29, 1.82) is 0 Å². The Morgan fingerprint density at radius 3 is 2.52 bits per heavy atom. The number of aryl methyl sites for hydroxylation is 3. The number of aliphatic hydroxyl groups is 1. The molecule has 8 rings (SSSR count). The molecule has 0 unspecified atom stereocenters. The lowest BCUT2D eigenvalue weighted by molar-refractivity contribution is -0.141. The van der Waals surface area contributed by atoms with Gasteiger partial charge in [0, 0.05) is 49.4 Å². The highest BCUT2D eigenvalue weighted by Gasteiger charge is 2.43. The first-order chi connectivity index (χ1) is 32.4. The molecule has 1 aliphatic carbocycles. The van der Waals surface area contributed by atoms with E-state index in [1.807, 2.05) is 75.8 Å². The number of aliphatic hydroxyl groups excluding tert-OH is 1. The van der Waals surface area contributed by atoms with Gasteiger partial charge in [0.15, 0.2) is 5.13 Å². The van der Waals surface area contributed by atoms with Crippen LogP contribution in [0, 0.1) is 26.7 Å². The molecule has 0 spiro atoms. The number of rotatable bonds is 18. The number of nitrogens with one attached hydrogen (secondary N) is 3. The number of likely N-dealkylation sites (tertiary alicyclic amines) is 1. The number of hydrogen-bond donors (Lipinski definition) is 4. The van der Waals surface area contributed by atoms with Gasteiger partial charge in [0.1, 0.15) is 29.6 Å². The number of carbonyl (C=O) groups excluding carboxylic acids is 3. The summed E-state index contributed by atoms with van der Waals surface area (Å²) in [5.74, 6) is -0.225. The number of hydrogen-bond acceptors (Lipinski definition) is 14. The van der Waals surface area contributed by atoms with E-state index in [1.165, 1.54) is 11.3 Å². The zero-order valence-corrected chi connectivity index (χ0v) is 40.4. The molecule has 3 atom stereocenters. The molecule has 3 amide bonds. The third kappa shape index (κ3) is 11.8. The number of unbranched alkanes of at least 4 members (excludes halogenated alkanes) is 2. The molecule has 4 N–H and O–H groups in total. The van der Waals surface area contributed by atoms with E-state index in [4.69, 9.17) is 19.0 Å². The van der Waals surface area contributed by atoms with Crippen molar-refractivity contribution in [1.82, 2.24) is 30.3 Å². The van der Waals surface area contributed by atoms with Crippen LogP contribution in [0.15, 0.2) is 64.8 Å². The fourth-order valence-corrected chi connectivity index (χ4v) is 10.6. The Balaban J connectivity index is 0.837. The first kappa shape index (κ1) is 47.6. The van der Waals surface area contributed by atoms with E-state index >= 15 is 0 Å². The molecule has 2 aromatic carbocycles. The minimum atomic E-state index is -0.831. The molecular weight excluding hydrogens is 889 g/mol. The molecule has 354 valence electrons. The molecule has 17 heteroatoms. The Kier molecular flexibility index (Phi) is 15.5. The fourth-order valence-electron chi connectivity index (χ4n) is 8.86. The SMILES string of the molecule is Cc1cc([C@H](C(=O)N2C[C@H](O)C[C@H]2C(=O)NCc2ccc(-c3scnc3C)cc2OCCCCCNc2nc3ccc(-c4cnc(C)c(NC(=O)OC5CCCCC5)c4)cc3s2)C(C)C)on1. The number of aromatic nitrogens is 4. The van der Waals surface area contributed by atoms with E-state index in [1.54, 1.807) is 35.7 Å². The van der Waals surface area contributed by atoms with E-state index in [2.05, 4.69) is 37.1 Å². The van der Waals surface area contributed by atoms with Crippen molar-refractivity contribution < 1.29 is 33.5 Å². The lowest BCUT2D eigenvalue weighted by Crippen LogP contribution is -2.48. The van der Waals surface area contributed by atoms with Gasteiger partial charge < -0.3 is 34.6 Å². The average Bonchev–Trinajstić information content (AvgIpc) is 4.13. The Hall–Kier alpha value is -5.91. The zero-order chi connectivity index (χ0) is 47.0. The molecule has 1 saturated heterocycles. The van der Waals surface area contributed by atoms with Crippen LogP contribution in [0.2, 0.25) is 0 Å². The van der Waals surface area contributed by atoms with Crippen LogP contribution in [-0.4, -0.2) is 86.0 Å². The molecule has 1 aliphatic heterocycles. The highest BCUT2D eigenvalue weighted by Crippen LogP contribution is 2.35. The molecule has 1 saturated carbocycles. The molecular formula is C50H60N8O7S2. The normalized spacial score (nSPS) is 16.9. The number of thiazole rings is 2. The van der Waals surface area contributed by atoms with Crippen molar-refractivity contribution in [2.45, 2.75) is 123 Å². The van der Waals surface area contributed by atoms with Crippen LogP contribution in [0.1, 0.15) is 106 Å². The Morgan fingerprint density at radius 1 is 0.940 bits per heavy atom. The maximum Gasteiger partial charge on any atom is 0.411 e. The molecule has 2 fully saturated rings. The Labute approximate surface area is 399 Å². The van der Waals surface area contributed by atoms with Crippen molar-refractivity contribution in [2.24, 2.45) is 5.92 Å². The first-order valence-corrected chi connectivity index (χ1v) is 25.0. The second-order valence-electron chi connectivity index (χ2n) is 18.0. The highest BCUT2D eigenvalue weighted by molar-refractivity contribution is 7.22. The maximum absolute atomic E-state index is 13.9. The van der Waals surface area contributed by atoms with Crippen LogP contribution in [0.25, 0.3) is 31.8 Å². The van der Waals surface area contributed by atoms with Crippen molar-refractivity contribution in [3.8, 4) is 27.3 Å². The summed E-state index contributed by atoms with van der Waals surface area (Å²) in [5, 5.41) is 24.9. The number of ether oxygens (including phenoxy) is 2. The minimum Gasteiger partial charge on any atom is -0.493 e. The van der Waals surface area contributed by atoms with Crippen molar-refractivity contribution >= 4 is 61.6 Å². The summed E-state index contributed by atoms with van der Waals surface area (Å²) < 4.78 is 18.6. The van der Waals surface area contributed by atoms with Crippen molar-refractivity contribution in [2.75, 3.05) is 30.3 Å². The van der Waals surface area contributed by atoms with Gasteiger partial charge in [-0.05, 0) is 107 Å². The summed E-state index contributed by atoms with van der Waals surface area (Å²) in [6, 6.07) is 15.0. The third-order valence-corrected chi connectivity index (χ3v) is 14.5. The van der Waals surface area contributed by atoms with E-state index in [0.29, 0.717) is 29.5 Å². The van der Waals surface area contributed by atoms with E-state index < -0.39 is 24.2 Å². The summed E-state index contributed by atoms with van der Waals surface area (Å²) >= 11 is 3.17. The van der Waals surface area contributed by atoms with Gasteiger partial charge in [0.05, 0.1) is 56.1 Å². The van der Waals surface area contributed by atoms with Gasteiger partial charge in [-0.1, -0.05) is 55.0 Å². The number of anilines is 2. The molecule has 67 heavy (non-hydrogen) atoms. The largest absolute Gasteiger partial charge is 0.493 e. The van der Waals surface area contributed by atoms with E-state index in [-0.39, 0.29) is 43.3 Å². The summed E-state index contributed by atoms with van der Waals surface area (Å²) in [6.07, 6.45) is 8.55. The molecule has 5 heterocycles. The standard InChI is InChI=1S/C50H60N8O7S2/c1-29(2)45(43-20-30(3)57-65-43)48(61)58-27-37(59)24-41(58)47(60)53-25-35-15-14-34(46-32(5)54-28-66-46)22-42(35)63-19-11-7-10-18-51-49-55-39-17-16-33(23-44(39)67-49)36-21-40(31(4)52-26-36)56-50(62)64-38-12-8-6-9-13-38/h14-17,20-23,26,28-29,37-38,41,45,59H,6-13,18-19,24-25,27H2,1-5H3,(H,51,55)(H,53,60)(H,56,62)/t37-,41+,45-/m1/s1. The number of β-amino-alcohol motifs (C(OH)–C–C–N with tert-alkyl or cyclic N) is 1. The van der Waals surface area contributed by atoms with Crippen LogP contribution < -0.4 is 20.7 Å². The van der Waals surface area contributed by atoms with Gasteiger partial charge in [-0.15, -0.1) is 11.3 Å². The van der Waals surface area contributed by atoms with Crippen molar-refractivity contribution in [3.63, 3.8) is 0 Å². The lowest BCUT2D eigenvalue weighted by atomic mass is 9.91. The quantitative estimate of drug-likeness (QED) is 0.0597. The summed E-state index contributed by atoms with van der Waals surface area (Å²) in [5.41, 5.74) is 9.37. The topological polar surface area (TPSA) is 194 Å². The van der Waals surface area contributed by atoms with Gasteiger partial charge in [-0.2, -0.15) is 0 Å². The smallest absolute Gasteiger partial charge is 0.411 e. The van der Waals surface area contributed by atoms with Gasteiger partial charge in [0.2, 0.25) is 11.8 Å². The number of benzene rings is 2. The van der Waals surface area contributed by atoms with Crippen molar-refractivity contribution in [3.05, 3.63) is 88.6 Å².